The van der Waals surface area contributed by atoms with Gasteiger partial charge in [-0.25, -0.2) is 8.42 Å². The lowest BCUT2D eigenvalue weighted by molar-refractivity contribution is -0.135. The summed E-state index contributed by atoms with van der Waals surface area (Å²) >= 11 is 0. The molecule has 1 heterocycles. The highest BCUT2D eigenvalue weighted by Gasteiger charge is 2.31. The number of aliphatic carboxylic acids is 1. The standard InChI is InChI=1S/C15H14N2O5S/c1-2-17-11-6-7-12(23(21,22)16-8-13(18)19)9-4-3-5-10(14(9)11)15(17)20/h3-7,16H,2,8H2,1H3,(H,18,19). The lowest BCUT2D eigenvalue weighted by atomic mass is 10.1. The number of hydrogen-bond donors (Lipinski definition) is 2. The average molecular weight is 334 g/mol. The van der Waals surface area contributed by atoms with Crippen molar-refractivity contribution in [1.29, 1.82) is 0 Å². The predicted molar refractivity (Wildman–Crippen MR) is 84.1 cm³/mol. The molecule has 0 aromatic heterocycles. The number of hydrogen-bond acceptors (Lipinski definition) is 4. The Bertz CT molecular complexity index is 936. The maximum atomic E-state index is 12.4. The van der Waals surface area contributed by atoms with Gasteiger partial charge in [0, 0.05) is 22.9 Å². The van der Waals surface area contributed by atoms with Crippen molar-refractivity contribution in [3.8, 4) is 0 Å². The largest absolute Gasteiger partial charge is 0.480 e. The number of amides is 1. The van der Waals surface area contributed by atoms with Gasteiger partial charge < -0.3 is 10.0 Å². The summed E-state index contributed by atoms with van der Waals surface area (Å²) in [5, 5.41) is 9.64. The molecule has 2 aromatic carbocycles. The van der Waals surface area contributed by atoms with Gasteiger partial charge in [0.05, 0.1) is 10.6 Å². The molecule has 0 saturated carbocycles. The van der Waals surface area contributed by atoms with Crippen LogP contribution in [0.4, 0.5) is 5.69 Å². The Hall–Kier alpha value is -2.45. The third-order valence-corrected chi connectivity index (χ3v) is 5.22. The summed E-state index contributed by atoms with van der Waals surface area (Å²) in [5.74, 6) is -1.44. The van der Waals surface area contributed by atoms with Gasteiger partial charge >= 0.3 is 5.97 Å². The fourth-order valence-electron chi connectivity index (χ4n) is 2.80. The summed E-state index contributed by atoms with van der Waals surface area (Å²) < 4.78 is 26.7. The number of carbonyl (C=O) groups is 2. The molecule has 2 aromatic rings. The molecule has 0 atom stereocenters. The molecule has 0 aliphatic carbocycles. The highest BCUT2D eigenvalue weighted by molar-refractivity contribution is 7.89. The number of carboxylic acid groups (broad SMARTS) is 1. The number of carboxylic acids is 1. The molecule has 0 saturated heterocycles. The zero-order chi connectivity index (χ0) is 16.8. The van der Waals surface area contributed by atoms with Crippen LogP contribution in [0.2, 0.25) is 0 Å². The molecule has 2 N–H and O–H groups in total. The van der Waals surface area contributed by atoms with Gasteiger partial charge in [-0.05, 0) is 25.1 Å². The third-order valence-electron chi connectivity index (χ3n) is 3.76. The SMILES string of the molecule is CCN1C(=O)c2cccc3c(S(=O)(=O)NCC(=O)O)ccc1c23. The lowest BCUT2D eigenvalue weighted by Gasteiger charge is -2.15. The van der Waals surface area contributed by atoms with Gasteiger partial charge in [-0.2, -0.15) is 4.72 Å². The highest BCUT2D eigenvalue weighted by atomic mass is 32.2. The molecule has 1 amide bonds. The number of benzene rings is 2. The number of anilines is 1. The Morgan fingerprint density at radius 3 is 2.65 bits per heavy atom. The van der Waals surface area contributed by atoms with Crippen LogP contribution in [0.3, 0.4) is 0 Å². The van der Waals surface area contributed by atoms with E-state index in [0.717, 1.165) is 0 Å². The van der Waals surface area contributed by atoms with E-state index >= 15 is 0 Å². The van der Waals surface area contributed by atoms with E-state index in [4.69, 9.17) is 5.11 Å². The molecule has 23 heavy (non-hydrogen) atoms. The minimum atomic E-state index is -3.99. The fourth-order valence-corrected chi connectivity index (χ4v) is 3.98. The maximum Gasteiger partial charge on any atom is 0.318 e. The lowest BCUT2D eigenvalue weighted by Crippen LogP contribution is -2.29. The summed E-state index contributed by atoms with van der Waals surface area (Å²) in [6.07, 6.45) is 0. The van der Waals surface area contributed by atoms with E-state index in [1.165, 1.54) is 6.07 Å². The molecule has 0 unspecified atom stereocenters. The summed E-state index contributed by atoms with van der Waals surface area (Å²) in [7, 11) is -3.99. The van der Waals surface area contributed by atoms with Gasteiger partial charge in [0.2, 0.25) is 10.0 Å². The van der Waals surface area contributed by atoms with E-state index in [9.17, 15) is 18.0 Å². The summed E-state index contributed by atoms with van der Waals surface area (Å²) in [6.45, 7) is 1.62. The predicted octanol–water partition coefficient (Wildman–Crippen LogP) is 1.18. The Kier molecular flexibility index (Phi) is 3.57. The van der Waals surface area contributed by atoms with Crippen LogP contribution >= 0.6 is 0 Å². The first-order valence-corrected chi connectivity index (χ1v) is 8.44. The molecule has 1 aliphatic heterocycles. The zero-order valence-electron chi connectivity index (χ0n) is 12.2. The number of carbonyl (C=O) groups excluding carboxylic acids is 1. The van der Waals surface area contributed by atoms with Gasteiger partial charge in [-0.15, -0.1) is 0 Å². The fraction of sp³-hybridized carbons (Fsp3) is 0.200. The van der Waals surface area contributed by atoms with Crippen molar-refractivity contribution in [2.45, 2.75) is 11.8 Å². The van der Waals surface area contributed by atoms with Crippen LogP contribution in [0.5, 0.6) is 0 Å². The summed E-state index contributed by atoms with van der Waals surface area (Å²) in [6, 6.07) is 7.87. The monoisotopic (exact) mass is 334 g/mol. The van der Waals surface area contributed by atoms with Gasteiger partial charge in [-0.1, -0.05) is 12.1 Å². The molecule has 0 spiro atoms. The van der Waals surface area contributed by atoms with Crippen LogP contribution in [-0.4, -0.2) is 38.5 Å². The Morgan fingerprint density at radius 1 is 1.26 bits per heavy atom. The topological polar surface area (TPSA) is 104 Å². The van der Waals surface area contributed by atoms with Crippen molar-refractivity contribution in [3.63, 3.8) is 0 Å². The van der Waals surface area contributed by atoms with Gasteiger partial charge in [-0.3, -0.25) is 9.59 Å². The molecular weight excluding hydrogens is 320 g/mol. The number of nitrogens with one attached hydrogen (secondary N) is 1. The smallest absolute Gasteiger partial charge is 0.318 e. The highest BCUT2D eigenvalue weighted by Crippen LogP contribution is 2.39. The zero-order valence-corrected chi connectivity index (χ0v) is 13.1. The third kappa shape index (κ3) is 2.36. The second-order valence-electron chi connectivity index (χ2n) is 5.08. The van der Waals surface area contributed by atoms with Crippen LogP contribution in [0, 0.1) is 0 Å². The second kappa shape index (κ2) is 5.32. The van der Waals surface area contributed by atoms with Gasteiger partial charge in [0.1, 0.15) is 6.54 Å². The molecule has 120 valence electrons. The minimum absolute atomic E-state index is 0.0369. The number of nitrogens with zero attached hydrogens (tertiary/aromatic N) is 1. The van der Waals surface area contributed by atoms with E-state index in [1.807, 2.05) is 11.6 Å². The first-order chi connectivity index (χ1) is 10.9. The Labute approximate surface area is 132 Å². The van der Waals surface area contributed by atoms with E-state index in [2.05, 4.69) is 0 Å². The molecule has 8 heteroatoms. The molecule has 0 fully saturated rings. The van der Waals surface area contributed by atoms with Gasteiger partial charge in [0.15, 0.2) is 0 Å². The van der Waals surface area contributed by atoms with Crippen LogP contribution in [0.1, 0.15) is 17.3 Å². The molecule has 0 radical (unpaired) electrons. The molecule has 3 rings (SSSR count). The van der Waals surface area contributed by atoms with Crippen molar-refractivity contribution < 1.29 is 23.1 Å². The van der Waals surface area contributed by atoms with Crippen LogP contribution in [0.15, 0.2) is 35.2 Å². The average Bonchev–Trinajstić information content (AvgIpc) is 2.79. The normalized spacial score (nSPS) is 13.8. The maximum absolute atomic E-state index is 12.4. The van der Waals surface area contributed by atoms with Crippen molar-refractivity contribution in [2.75, 3.05) is 18.0 Å². The quantitative estimate of drug-likeness (QED) is 0.854. The van der Waals surface area contributed by atoms with Crippen molar-refractivity contribution >= 4 is 38.4 Å². The van der Waals surface area contributed by atoms with Crippen molar-refractivity contribution in [2.24, 2.45) is 0 Å². The van der Waals surface area contributed by atoms with Gasteiger partial charge in [0.25, 0.3) is 5.91 Å². The number of sulfonamides is 1. The van der Waals surface area contributed by atoms with E-state index in [1.54, 1.807) is 29.2 Å². The van der Waals surface area contributed by atoms with Crippen LogP contribution in [0.25, 0.3) is 10.8 Å². The van der Waals surface area contributed by atoms with E-state index in [0.29, 0.717) is 28.6 Å². The van der Waals surface area contributed by atoms with Crippen LogP contribution in [-0.2, 0) is 14.8 Å². The van der Waals surface area contributed by atoms with Crippen molar-refractivity contribution in [1.82, 2.24) is 4.72 Å². The molecule has 7 nitrogen and oxygen atoms in total. The molecule has 1 aliphatic rings. The van der Waals surface area contributed by atoms with Crippen LogP contribution < -0.4 is 9.62 Å². The molecule has 0 bridgehead atoms. The first kappa shape index (κ1) is 15.4. The first-order valence-electron chi connectivity index (χ1n) is 6.96. The Morgan fingerprint density at radius 2 is 2.00 bits per heavy atom. The van der Waals surface area contributed by atoms with E-state index < -0.39 is 22.5 Å². The second-order valence-corrected chi connectivity index (χ2v) is 6.81. The van der Waals surface area contributed by atoms with Crippen molar-refractivity contribution in [3.05, 3.63) is 35.9 Å². The summed E-state index contributed by atoms with van der Waals surface area (Å²) in [4.78, 5) is 24.5. The summed E-state index contributed by atoms with van der Waals surface area (Å²) in [5.41, 5.74) is 1.12. The van der Waals surface area contributed by atoms with E-state index in [-0.39, 0.29) is 10.8 Å². The minimum Gasteiger partial charge on any atom is -0.480 e. The molecular formula is C15H14N2O5S. The Balaban J connectivity index is 2.22. The number of rotatable bonds is 5.